The fourth-order valence-electron chi connectivity index (χ4n) is 2.72. The van der Waals surface area contributed by atoms with Gasteiger partial charge in [0.15, 0.2) is 11.6 Å². The number of carbonyl (C=O) groups is 1. The number of anilines is 1. The van der Waals surface area contributed by atoms with Crippen molar-refractivity contribution in [1.29, 1.82) is 5.26 Å². The van der Waals surface area contributed by atoms with Gasteiger partial charge in [0.1, 0.15) is 42.8 Å². The molecule has 11 heteroatoms. The van der Waals surface area contributed by atoms with E-state index in [0.717, 1.165) is 16.9 Å². The molecule has 0 amide bonds. The smallest absolute Gasteiger partial charge is 0.308 e. The third-order valence-corrected chi connectivity index (χ3v) is 4.19. The highest BCUT2D eigenvalue weighted by Crippen LogP contribution is 2.41. The molecule has 3 rings (SSSR count). The average Bonchev–Trinajstić information content (AvgIpc) is 3.12. The first-order chi connectivity index (χ1) is 13.5. The number of hydrogen-bond acceptors (Lipinski definition) is 9. The number of rotatable bonds is 4. The van der Waals surface area contributed by atoms with Gasteiger partial charge < -0.3 is 25.4 Å². The molecule has 10 nitrogen and oxygen atoms in total. The summed E-state index contributed by atoms with van der Waals surface area (Å²) in [6.07, 6.45) is -4.99. The van der Waals surface area contributed by atoms with Crippen LogP contribution in [-0.4, -0.2) is 55.7 Å². The molecule has 0 bridgehead atoms. The third kappa shape index (κ3) is 2.87. The van der Waals surface area contributed by atoms with E-state index in [1.165, 1.54) is 13.8 Å². The van der Waals surface area contributed by atoms with Crippen LogP contribution in [0.3, 0.4) is 0 Å². The molecule has 144 valence electrons. The number of nitriles is 1. The zero-order valence-electron chi connectivity index (χ0n) is 16.3. The van der Waals surface area contributed by atoms with Crippen LogP contribution in [0.5, 0.6) is 0 Å². The maximum absolute atomic E-state index is 14.4. The molecule has 0 saturated carbocycles. The van der Waals surface area contributed by atoms with Crippen molar-refractivity contribution in [2.24, 2.45) is 5.92 Å². The molecule has 0 aliphatic carbocycles. The van der Waals surface area contributed by atoms with E-state index in [9.17, 15) is 24.7 Å². The Kier molecular flexibility index (Phi) is 4.08. The summed E-state index contributed by atoms with van der Waals surface area (Å²) in [6.45, 7) is 0.0385. The van der Waals surface area contributed by atoms with E-state index in [-0.39, 0.29) is 17.0 Å². The Morgan fingerprint density at radius 2 is 2.37 bits per heavy atom. The number of hydrogen-bond donors (Lipinski definition) is 3. The summed E-state index contributed by atoms with van der Waals surface area (Å²) in [5.74, 6) is -2.77. The Morgan fingerprint density at radius 3 is 3.00 bits per heavy atom. The van der Waals surface area contributed by atoms with Gasteiger partial charge in [0.05, 0.1) is 14.4 Å². The van der Waals surface area contributed by atoms with Crippen molar-refractivity contribution < 1.29 is 31.6 Å². The van der Waals surface area contributed by atoms with Gasteiger partial charge in [-0.15, -0.1) is 0 Å². The molecular formula is C16H18FN5O5. The number of nitrogens with zero attached hydrogens (tertiary/aromatic N) is 4. The fraction of sp³-hybridized carbons (Fsp3) is 0.500. The lowest BCUT2D eigenvalue weighted by Gasteiger charge is -2.24. The topological polar surface area (TPSA) is 156 Å². The number of carbonyl (C=O) groups excluding carboxylic acids is 1. The first kappa shape index (κ1) is 16.4. The minimum Gasteiger partial charge on any atom is -0.463 e. The third-order valence-electron chi connectivity index (χ3n) is 4.19. The minimum atomic E-state index is -2.90. The van der Waals surface area contributed by atoms with Crippen LogP contribution >= 0.6 is 0 Å². The molecule has 1 fully saturated rings. The zero-order chi connectivity index (χ0) is 21.7. The molecule has 4 atom stereocenters. The Bertz CT molecular complexity index is 1010. The molecule has 1 saturated heterocycles. The summed E-state index contributed by atoms with van der Waals surface area (Å²) >= 11 is 0. The Balaban J connectivity index is 2.09. The summed E-state index contributed by atoms with van der Waals surface area (Å²) in [7, 11) is 0. The summed E-state index contributed by atoms with van der Waals surface area (Å²) in [6, 6.07) is 2.47. The summed E-state index contributed by atoms with van der Waals surface area (Å²) in [5.41, 5.74) is 2.56. The molecule has 1 aliphatic rings. The average molecular weight is 381 g/mol. The number of nitrogen functional groups attached to an aromatic ring is 1. The second-order valence-corrected chi connectivity index (χ2v) is 6.30. The largest absolute Gasteiger partial charge is 0.463 e. The van der Waals surface area contributed by atoms with Gasteiger partial charge >= 0.3 is 5.97 Å². The van der Waals surface area contributed by atoms with E-state index in [4.69, 9.17) is 17.9 Å². The zero-order valence-corrected chi connectivity index (χ0v) is 14.3. The van der Waals surface area contributed by atoms with Crippen molar-refractivity contribution in [1.82, 2.24) is 14.6 Å². The van der Waals surface area contributed by atoms with Crippen LogP contribution in [-0.2, 0) is 19.9 Å². The highest BCUT2D eigenvalue weighted by molar-refractivity contribution is 5.71. The van der Waals surface area contributed by atoms with Gasteiger partial charge in [0.2, 0.25) is 5.60 Å². The van der Waals surface area contributed by atoms with E-state index >= 15 is 0 Å². The van der Waals surface area contributed by atoms with Gasteiger partial charge in [-0.3, -0.25) is 4.79 Å². The number of ether oxygens (including phenoxy) is 2. The van der Waals surface area contributed by atoms with Crippen molar-refractivity contribution in [3.63, 3.8) is 0 Å². The van der Waals surface area contributed by atoms with Crippen molar-refractivity contribution in [3.05, 3.63) is 23.9 Å². The lowest BCUT2D eigenvalue weighted by molar-refractivity contribution is -0.154. The SMILES string of the molecule is [2H]C([2H])(OC(=O)C(C)C)[C@H]1O[C@@](C#N)(c2cc(F)c3c(N)ncnn23)[C@H](O)[C@@H]1O. The Morgan fingerprint density at radius 1 is 1.67 bits per heavy atom. The van der Waals surface area contributed by atoms with Crippen LogP contribution < -0.4 is 5.73 Å². The van der Waals surface area contributed by atoms with Gasteiger partial charge in [0, 0.05) is 6.07 Å². The number of aliphatic hydroxyl groups is 2. The maximum Gasteiger partial charge on any atom is 0.308 e. The highest BCUT2D eigenvalue weighted by Gasteiger charge is 2.58. The van der Waals surface area contributed by atoms with Gasteiger partial charge in [0.25, 0.3) is 0 Å². The second kappa shape index (κ2) is 6.73. The normalized spacial score (nSPS) is 29.4. The van der Waals surface area contributed by atoms with Gasteiger partial charge in [-0.1, -0.05) is 13.8 Å². The lowest BCUT2D eigenvalue weighted by Crippen LogP contribution is -2.41. The first-order valence-electron chi connectivity index (χ1n) is 8.92. The van der Waals surface area contributed by atoms with E-state index in [1.54, 1.807) is 6.07 Å². The molecule has 0 spiro atoms. The molecule has 4 N–H and O–H groups in total. The molecule has 0 radical (unpaired) electrons. The first-order valence-corrected chi connectivity index (χ1v) is 7.92. The Labute approximate surface area is 155 Å². The predicted molar refractivity (Wildman–Crippen MR) is 87.3 cm³/mol. The Hall–Kier alpha value is -2.81. The van der Waals surface area contributed by atoms with E-state index in [1.807, 2.05) is 0 Å². The summed E-state index contributed by atoms with van der Waals surface area (Å²) in [4.78, 5) is 15.5. The predicted octanol–water partition coefficient (Wildman–Crippen LogP) is -0.511. The minimum absolute atomic E-state index is 0.248. The molecule has 27 heavy (non-hydrogen) atoms. The monoisotopic (exact) mass is 381 g/mol. The van der Waals surface area contributed by atoms with Crippen LogP contribution in [0.15, 0.2) is 12.4 Å². The lowest BCUT2D eigenvalue weighted by atomic mass is 9.92. The van der Waals surface area contributed by atoms with E-state index in [0.29, 0.717) is 0 Å². The van der Waals surface area contributed by atoms with Crippen LogP contribution in [0, 0.1) is 23.1 Å². The number of aliphatic hydroxyl groups excluding tert-OH is 2. The summed E-state index contributed by atoms with van der Waals surface area (Å²) < 4.78 is 41.4. The van der Waals surface area contributed by atoms with Gasteiger partial charge in [-0.2, -0.15) is 10.4 Å². The number of halogens is 1. The quantitative estimate of drug-likeness (QED) is 0.593. The maximum atomic E-state index is 14.4. The number of fused-ring (bicyclic) bond motifs is 1. The molecule has 3 heterocycles. The van der Waals surface area contributed by atoms with Crippen LogP contribution in [0.25, 0.3) is 5.52 Å². The molecule has 0 unspecified atom stereocenters. The van der Waals surface area contributed by atoms with Gasteiger partial charge in [-0.25, -0.2) is 13.9 Å². The molecule has 0 aromatic carbocycles. The van der Waals surface area contributed by atoms with Crippen molar-refractivity contribution in [2.75, 3.05) is 12.3 Å². The summed E-state index contributed by atoms with van der Waals surface area (Å²) in [5, 5.41) is 34.5. The second-order valence-electron chi connectivity index (χ2n) is 6.30. The highest BCUT2D eigenvalue weighted by atomic mass is 19.1. The molecule has 1 aliphatic heterocycles. The van der Waals surface area contributed by atoms with Crippen LogP contribution in [0.1, 0.15) is 22.3 Å². The van der Waals surface area contributed by atoms with Crippen molar-refractivity contribution in [3.8, 4) is 6.07 Å². The standard InChI is InChI=1S/C16H18FN5O5/c1-7(2)15(25)26-4-9-12(23)13(24)16(5-18,27-9)10-3-8(17)11-14(19)20-6-21-22(10)11/h3,6-7,9,12-13,23-24H,4H2,1-2H3,(H2,19,20,21)/t9-,12-,13-,16+/m1/s1/i4D2. The van der Waals surface area contributed by atoms with E-state index < -0.39 is 48.2 Å². The number of aromatic nitrogens is 3. The number of nitrogens with two attached hydrogens (primary N) is 1. The van der Waals surface area contributed by atoms with Crippen LogP contribution in [0.4, 0.5) is 10.2 Å². The fourth-order valence-corrected chi connectivity index (χ4v) is 2.72. The molecule has 2 aromatic heterocycles. The van der Waals surface area contributed by atoms with Crippen molar-refractivity contribution >= 4 is 17.3 Å². The van der Waals surface area contributed by atoms with Crippen LogP contribution in [0.2, 0.25) is 0 Å². The molecular weight excluding hydrogens is 361 g/mol. The number of esters is 1. The van der Waals surface area contributed by atoms with Crippen molar-refractivity contribution in [2.45, 2.75) is 37.8 Å². The van der Waals surface area contributed by atoms with E-state index in [2.05, 4.69) is 10.1 Å². The van der Waals surface area contributed by atoms with Gasteiger partial charge in [-0.05, 0) is 0 Å². The molecule has 2 aromatic rings.